The van der Waals surface area contributed by atoms with Gasteiger partial charge in [0.25, 0.3) is 0 Å². The summed E-state index contributed by atoms with van der Waals surface area (Å²) in [5.74, 6) is -1.31. The first-order valence-electron chi connectivity index (χ1n) is 7.10. The quantitative estimate of drug-likeness (QED) is 0.895. The maximum Gasteiger partial charge on any atom is 0.306 e. The van der Waals surface area contributed by atoms with Gasteiger partial charge in [-0.2, -0.15) is 0 Å². The molecule has 0 spiro atoms. The Morgan fingerprint density at radius 1 is 1.32 bits per heavy atom. The van der Waals surface area contributed by atoms with Crippen LogP contribution >= 0.6 is 0 Å². The van der Waals surface area contributed by atoms with Crippen LogP contribution in [0.5, 0.6) is 0 Å². The highest BCUT2D eigenvalue weighted by molar-refractivity contribution is 7.89. The molecule has 1 saturated carbocycles. The van der Waals surface area contributed by atoms with E-state index in [1.54, 1.807) is 13.0 Å². The Kier molecular flexibility index (Phi) is 3.49. The zero-order valence-corrected chi connectivity index (χ0v) is 13.2. The zero-order valence-electron chi connectivity index (χ0n) is 12.4. The normalized spacial score (nSPS) is 21.7. The number of aliphatic carboxylic acids is 1. The Hall–Kier alpha value is -1.86. The fourth-order valence-electron chi connectivity index (χ4n) is 3.02. The lowest BCUT2D eigenvalue weighted by Gasteiger charge is -2.32. The van der Waals surface area contributed by atoms with Crippen LogP contribution in [0.3, 0.4) is 0 Å². The van der Waals surface area contributed by atoms with Crippen molar-refractivity contribution < 1.29 is 18.3 Å². The molecule has 0 amide bonds. The van der Waals surface area contributed by atoms with Crippen molar-refractivity contribution in [3.05, 3.63) is 30.0 Å². The second kappa shape index (κ2) is 5.10. The van der Waals surface area contributed by atoms with Gasteiger partial charge >= 0.3 is 5.97 Å². The minimum atomic E-state index is -3.67. The molecule has 1 aliphatic rings. The van der Waals surface area contributed by atoms with Crippen LogP contribution in [0.1, 0.15) is 18.5 Å². The number of hydrogen-bond donors (Lipinski definition) is 2. The fourth-order valence-corrected chi connectivity index (χ4v) is 4.76. The number of para-hydroxylation sites is 1. The minimum Gasteiger partial charge on any atom is -0.481 e. The standard InChI is InChI=1S/C15H18N2O4S/c1-9-14(12-5-3-4-6-13(12)17(9)2)22(20,21)16-11-7-10(8-11)15(18)19/h3-6,10-11,16H,7-8H2,1-2H3,(H,18,19). The van der Waals surface area contributed by atoms with Crippen LogP contribution < -0.4 is 4.72 Å². The third-order valence-electron chi connectivity index (χ3n) is 4.42. The third-order valence-corrected chi connectivity index (χ3v) is 6.12. The Morgan fingerprint density at radius 3 is 2.59 bits per heavy atom. The van der Waals surface area contributed by atoms with Crippen molar-refractivity contribution >= 4 is 26.9 Å². The SMILES string of the molecule is Cc1c(S(=O)(=O)NC2CC(C(=O)O)C2)c2ccccc2n1C. The predicted octanol–water partition coefficient (Wildman–Crippen LogP) is 1.63. The summed E-state index contributed by atoms with van der Waals surface area (Å²) < 4.78 is 29.9. The number of carbonyl (C=O) groups is 1. The zero-order chi connectivity index (χ0) is 16.1. The number of rotatable bonds is 4. The number of aromatic nitrogens is 1. The fraction of sp³-hybridized carbons (Fsp3) is 0.400. The van der Waals surface area contributed by atoms with E-state index in [1.807, 2.05) is 29.8 Å². The van der Waals surface area contributed by atoms with Gasteiger partial charge in [0, 0.05) is 29.7 Å². The molecule has 0 unspecified atom stereocenters. The molecule has 22 heavy (non-hydrogen) atoms. The Balaban J connectivity index is 1.94. The van der Waals surface area contributed by atoms with E-state index < -0.39 is 21.9 Å². The topological polar surface area (TPSA) is 88.4 Å². The lowest BCUT2D eigenvalue weighted by molar-refractivity contribution is -0.145. The summed E-state index contributed by atoms with van der Waals surface area (Å²) in [5, 5.41) is 9.56. The van der Waals surface area contributed by atoms with E-state index in [2.05, 4.69) is 4.72 Å². The highest BCUT2D eigenvalue weighted by Crippen LogP contribution is 2.32. The van der Waals surface area contributed by atoms with Gasteiger partial charge in [-0.15, -0.1) is 0 Å². The molecule has 0 atom stereocenters. The van der Waals surface area contributed by atoms with E-state index >= 15 is 0 Å². The van der Waals surface area contributed by atoms with Crippen LogP contribution in [0.25, 0.3) is 10.9 Å². The molecule has 2 N–H and O–H groups in total. The first-order chi connectivity index (χ1) is 10.3. The molecule has 2 aromatic rings. The second-order valence-corrected chi connectivity index (χ2v) is 7.47. The van der Waals surface area contributed by atoms with Crippen molar-refractivity contribution in [2.45, 2.75) is 30.7 Å². The number of fused-ring (bicyclic) bond motifs is 1. The number of benzene rings is 1. The minimum absolute atomic E-state index is 0.282. The number of carboxylic acids is 1. The van der Waals surface area contributed by atoms with Gasteiger partial charge in [-0.05, 0) is 25.8 Å². The molecule has 1 aliphatic carbocycles. The van der Waals surface area contributed by atoms with Crippen molar-refractivity contribution in [1.82, 2.24) is 9.29 Å². The average Bonchev–Trinajstić information content (AvgIpc) is 2.66. The van der Waals surface area contributed by atoms with Crippen LogP contribution in [0.15, 0.2) is 29.2 Å². The summed E-state index contributed by atoms with van der Waals surface area (Å²) in [4.78, 5) is 11.1. The van der Waals surface area contributed by atoms with E-state index in [9.17, 15) is 13.2 Å². The third kappa shape index (κ3) is 2.30. The van der Waals surface area contributed by atoms with E-state index in [-0.39, 0.29) is 10.9 Å². The van der Waals surface area contributed by atoms with Gasteiger partial charge in [-0.25, -0.2) is 13.1 Å². The van der Waals surface area contributed by atoms with Crippen LogP contribution in [0, 0.1) is 12.8 Å². The highest BCUT2D eigenvalue weighted by atomic mass is 32.2. The van der Waals surface area contributed by atoms with Crippen LogP contribution in [-0.4, -0.2) is 30.1 Å². The van der Waals surface area contributed by atoms with Gasteiger partial charge in [0.1, 0.15) is 4.90 Å². The molecule has 1 fully saturated rings. The number of nitrogens with one attached hydrogen (secondary N) is 1. The van der Waals surface area contributed by atoms with Gasteiger partial charge in [0.15, 0.2) is 0 Å². The van der Waals surface area contributed by atoms with Crippen molar-refractivity contribution in [3.63, 3.8) is 0 Å². The van der Waals surface area contributed by atoms with Gasteiger partial charge < -0.3 is 9.67 Å². The van der Waals surface area contributed by atoms with Crippen molar-refractivity contribution in [1.29, 1.82) is 0 Å². The van der Waals surface area contributed by atoms with Gasteiger partial charge in [-0.3, -0.25) is 4.79 Å². The lowest BCUT2D eigenvalue weighted by Crippen LogP contribution is -2.46. The molecule has 1 heterocycles. The summed E-state index contributed by atoms with van der Waals surface area (Å²) in [6.07, 6.45) is 0.691. The van der Waals surface area contributed by atoms with Crippen molar-refractivity contribution in [3.8, 4) is 0 Å². The summed E-state index contributed by atoms with van der Waals surface area (Å²) >= 11 is 0. The molecule has 0 saturated heterocycles. The number of nitrogens with zero attached hydrogens (tertiary/aromatic N) is 1. The largest absolute Gasteiger partial charge is 0.481 e. The highest BCUT2D eigenvalue weighted by Gasteiger charge is 2.38. The predicted molar refractivity (Wildman–Crippen MR) is 82.1 cm³/mol. The van der Waals surface area contributed by atoms with Crippen molar-refractivity contribution in [2.24, 2.45) is 13.0 Å². The summed E-state index contributed by atoms with van der Waals surface area (Å²) in [7, 11) is -1.84. The summed E-state index contributed by atoms with van der Waals surface area (Å²) in [6.45, 7) is 1.77. The maximum absolute atomic E-state index is 12.7. The lowest BCUT2D eigenvalue weighted by atomic mass is 9.81. The number of hydrogen-bond acceptors (Lipinski definition) is 3. The van der Waals surface area contributed by atoms with Gasteiger partial charge in [0.2, 0.25) is 10.0 Å². The molecule has 0 bridgehead atoms. The first-order valence-corrected chi connectivity index (χ1v) is 8.58. The van der Waals surface area contributed by atoms with Crippen molar-refractivity contribution in [2.75, 3.05) is 0 Å². The van der Waals surface area contributed by atoms with E-state index in [4.69, 9.17) is 5.11 Å². The summed E-state index contributed by atoms with van der Waals surface area (Å²) in [5.41, 5.74) is 1.53. The first kappa shape index (κ1) is 15.1. The monoisotopic (exact) mass is 322 g/mol. The molecule has 0 aliphatic heterocycles. The molecule has 1 aromatic carbocycles. The van der Waals surface area contributed by atoms with Crippen LogP contribution in [-0.2, 0) is 21.9 Å². The average molecular weight is 322 g/mol. The Labute approximate surface area is 128 Å². The molecular weight excluding hydrogens is 304 g/mol. The maximum atomic E-state index is 12.7. The molecule has 6 nitrogen and oxygen atoms in total. The summed E-state index contributed by atoms with van der Waals surface area (Å²) in [6, 6.07) is 7.05. The molecule has 118 valence electrons. The molecule has 3 rings (SSSR count). The van der Waals surface area contributed by atoms with E-state index in [0.29, 0.717) is 23.9 Å². The molecule has 1 aromatic heterocycles. The Bertz CT molecular complexity index is 848. The van der Waals surface area contributed by atoms with Crippen LogP contribution in [0.4, 0.5) is 0 Å². The molecular formula is C15H18N2O4S. The molecule has 7 heteroatoms. The smallest absolute Gasteiger partial charge is 0.306 e. The molecule has 0 radical (unpaired) electrons. The van der Waals surface area contributed by atoms with Crippen LogP contribution in [0.2, 0.25) is 0 Å². The van der Waals surface area contributed by atoms with Gasteiger partial charge in [0.05, 0.1) is 5.92 Å². The number of aryl methyl sites for hydroxylation is 1. The van der Waals surface area contributed by atoms with E-state index in [0.717, 1.165) is 5.52 Å². The second-order valence-electron chi connectivity index (χ2n) is 5.82. The van der Waals surface area contributed by atoms with E-state index in [1.165, 1.54) is 0 Å². The van der Waals surface area contributed by atoms with Gasteiger partial charge in [-0.1, -0.05) is 18.2 Å². The Morgan fingerprint density at radius 2 is 1.95 bits per heavy atom. The number of sulfonamides is 1. The number of carboxylic acid groups (broad SMARTS) is 1.